The summed E-state index contributed by atoms with van der Waals surface area (Å²) in [7, 11) is 0. The van der Waals surface area contributed by atoms with E-state index in [2.05, 4.69) is 41.1 Å². The fraction of sp³-hybridized carbons (Fsp3) is 0.385. The number of nitrogens with zero attached hydrogens (tertiary/aromatic N) is 3. The topological polar surface area (TPSA) is 73.2 Å². The van der Waals surface area contributed by atoms with E-state index in [0.717, 1.165) is 44.0 Å². The van der Waals surface area contributed by atoms with Crippen LogP contribution in [0.15, 0.2) is 54.7 Å². The Labute approximate surface area is 225 Å². The van der Waals surface area contributed by atoms with Crippen LogP contribution in [-0.4, -0.2) is 54.0 Å². The van der Waals surface area contributed by atoms with E-state index in [-0.39, 0.29) is 44.5 Å². The Morgan fingerprint density at radius 3 is 2.53 bits per heavy atom. The number of piperidine rings is 1. The molecule has 3 aliphatic heterocycles. The van der Waals surface area contributed by atoms with Gasteiger partial charge in [-0.1, -0.05) is 30.3 Å². The summed E-state index contributed by atoms with van der Waals surface area (Å²) in [4.78, 5) is 29.4. The largest absolute Gasteiger partial charge is 0.629 e. The van der Waals surface area contributed by atoms with Crippen LogP contribution in [-0.2, 0) is 61.9 Å². The van der Waals surface area contributed by atoms with Crippen molar-refractivity contribution in [2.45, 2.75) is 38.6 Å². The summed E-state index contributed by atoms with van der Waals surface area (Å²) in [6.45, 7) is 9.00. The second kappa shape index (κ2) is 11.1. The fourth-order valence-electron chi connectivity index (χ4n) is 4.63. The smallest absolute Gasteiger partial charge is 0.255 e. The Balaban J connectivity index is 0.00000274. The monoisotopic (exact) mass is 535 g/mol. The molecule has 0 saturated carbocycles. The molecule has 0 N–H and O–H groups in total. The number of hydrogen-bond donors (Lipinski definition) is 0. The molecule has 2 aromatic carbocycles. The van der Waals surface area contributed by atoms with Gasteiger partial charge in [-0.2, -0.15) is 5.70 Å². The molecule has 2 amide bonds. The maximum atomic E-state index is 13.0. The first-order chi connectivity index (χ1) is 16.1. The molecule has 175 valence electrons. The Kier molecular flexibility index (Phi) is 8.19. The summed E-state index contributed by atoms with van der Waals surface area (Å²) in [6, 6.07) is 13.4. The second-order valence-corrected chi connectivity index (χ2v) is 8.78. The molecule has 5 rings (SSSR count). The minimum absolute atomic E-state index is 0. The van der Waals surface area contributed by atoms with Gasteiger partial charge in [0.25, 0.3) is 5.91 Å². The van der Waals surface area contributed by atoms with E-state index in [4.69, 9.17) is 9.47 Å². The number of carbonyl (C=O) groups is 2. The molecule has 0 aliphatic carbocycles. The fourth-order valence-corrected chi connectivity index (χ4v) is 4.63. The first-order valence-corrected chi connectivity index (χ1v) is 11.5. The molecule has 2 fully saturated rings. The van der Waals surface area contributed by atoms with Crippen LogP contribution in [0.3, 0.4) is 0 Å². The number of carbonyl (C=O) groups excluding carboxylic acids is 2. The summed E-state index contributed by atoms with van der Waals surface area (Å²) >= 11 is 0. The van der Waals surface area contributed by atoms with Gasteiger partial charge in [0, 0.05) is 63.5 Å². The Bertz CT molecular complexity index is 1070. The number of allylic oxidation sites excluding steroid dienone is 1. The number of ether oxygens (including phenoxy) is 2. The molecule has 7 nitrogen and oxygen atoms in total. The van der Waals surface area contributed by atoms with Gasteiger partial charge < -0.3 is 24.5 Å². The molecule has 0 bridgehead atoms. The minimum Gasteiger partial charge on any atom is -0.629 e. The van der Waals surface area contributed by atoms with Crippen LogP contribution in [0.25, 0.3) is 5.32 Å². The van der Waals surface area contributed by atoms with E-state index >= 15 is 0 Å². The second-order valence-electron chi connectivity index (χ2n) is 8.78. The van der Waals surface area contributed by atoms with Crippen LogP contribution in [0.1, 0.15) is 39.9 Å². The zero-order valence-corrected chi connectivity index (χ0v) is 22.1. The molecule has 2 aromatic rings. The summed E-state index contributed by atoms with van der Waals surface area (Å²) in [5, 5.41) is 3.98. The molecule has 3 heterocycles. The van der Waals surface area contributed by atoms with Crippen molar-refractivity contribution in [1.29, 1.82) is 0 Å². The zero-order valence-electron chi connectivity index (χ0n) is 19.2. The van der Waals surface area contributed by atoms with Gasteiger partial charge in [0.2, 0.25) is 0 Å². The first-order valence-electron chi connectivity index (χ1n) is 11.5. The van der Waals surface area contributed by atoms with Crippen LogP contribution in [0.2, 0.25) is 0 Å². The van der Waals surface area contributed by atoms with Crippen molar-refractivity contribution in [2.24, 2.45) is 0 Å². The zero-order chi connectivity index (χ0) is 22.8. The molecule has 2 saturated heterocycles. The molecule has 0 aromatic heterocycles. The van der Waals surface area contributed by atoms with Crippen LogP contribution >= 0.6 is 0 Å². The molecule has 1 radical (unpaired) electrons. The summed E-state index contributed by atoms with van der Waals surface area (Å²) in [5.41, 5.74) is 4.36. The average molecular weight is 535 g/mol. The number of hydrogen-bond acceptors (Lipinski definition) is 5. The van der Waals surface area contributed by atoms with E-state index in [1.165, 1.54) is 5.56 Å². The summed E-state index contributed by atoms with van der Waals surface area (Å²) in [6.07, 6.45) is 1.19. The number of amides is 2. The molecule has 1 atom stereocenters. The predicted molar refractivity (Wildman–Crippen MR) is 124 cm³/mol. The Hall–Kier alpha value is -2.06. The number of fused-ring (bicyclic) bond motifs is 1. The molecular formula is C26H28N3O4Y-. The van der Waals surface area contributed by atoms with Crippen molar-refractivity contribution in [3.8, 4) is 5.75 Å². The van der Waals surface area contributed by atoms with E-state index in [0.29, 0.717) is 43.0 Å². The van der Waals surface area contributed by atoms with E-state index in [9.17, 15) is 9.59 Å². The van der Waals surface area contributed by atoms with Gasteiger partial charge in [-0.3, -0.25) is 9.69 Å². The van der Waals surface area contributed by atoms with Crippen LogP contribution < -0.4 is 4.74 Å². The molecule has 3 aliphatic rings. The standard InChI is InChI=1S/C26H29N3O4.Y/c1-18-5-10-23(25(30)27-18)29-16-22-21(26(29)31)3-2-4-24(22)33-17-20-8-6-19(7-9-20)15-28-11-13-32-14-12-28;/h2-4,6-9,23H,1,5,10-17H2,(H,27,30);/p-1. The predicted octanol–water partition coefficient (Wildman–Crippen LogP) is 3.63. The van der Waals surface area contributed by atoms with Crippen molar-refractivity contribution in [3.63, 3.8) is 0 Å². The third kappa shape index (κ3) is 5.43. The maximum absolute atomic E-state index is 13.0. The molecule has 8 heteroatoms. The van der Waals surface area contributed by atoms with Gasteiger partial charge in [-0.15, -0.1) is 6.58 Å². The third-order valence-electron chi connectivity index (χ3n) is 6.52. The van der Waals surface area contributed by atoms with Crippen LogP contribution in [0.5, 0.6) is 5.75 Å². The van der Waals surface area contributed by atoms with Gasteiger partial charge in [0.05, 0.1) is 31.7 Å². The van der Waals surface area contributed by atoms with E-state index in [1.807, 2.05) is 12.1 Å². The van der Waals surface area contributed by atoms with Gasteiger partial charge >= 0.3 is 0 Å². The average Bonchev–Trinajstić information content (AvgIpc) is 3.16. The number of benzene rings is 2. The maximum Gasteiger partial charge on any atom is 0.255 e. The van der Waals surface area contributed by atoms with Crippen molar-refractivity contribution in [2.75, 3.05) is 26.3 Å². The molecule has 1 unspecified atom stereocenters. The Morgan fingerprint density at radius 2 is 1.79 bits per heavy atom. The molecular weight excluding hydrogens is 507 g/mol. The van der Waals surface area contributed by atoms with Gasteiger partial charge in [0.15, 0.2) is 0 Å². The molecule has 0 spiro atoms. The number of morpholine rings is 1. The SMILES string of the molecule is C=C1CCC(N2Cc3c(OCc4ccc(CN5CCOCC5)cc4)cccc3C2=O)C(=O)[N-]1.[Y]. The Morgan fingerprint density at radius 1 is 1.06 bits per heavy atom. The van der Waals surface area contributed by atoms with Crippen molar-refractivity contribution >= 4 is 11.8 Å². The van der Waals surface area contributed by atoms with Gasteiger partial charge in [0.1, 0.15) is 12.4 Å². The van der Waals surface area contributed by atoms with Crippen LogP contribution in [0.4, 0.5) is 0 Å². The molecule has 34 heavy (non-hydrogen) atoms. The quantitative estimate of drug-likeness (QED) is 0.565. The van der Waals surface area contributed by atoms with Crippen molar-refractivity contribution < 1.29 is 51.8 Å². The summed E-state index contributed by atoms with van der Waals surface area (Å²) in [5.74, 6) is 0.265. The summed E-state index contributed by atoms with van der Waals surface area (Å²) < 4.78 is 11.5. The van der Waals surface area contributed by atoms with Gasteiger partial charge in [-0.25, -0.2) is 0 Å². The minimum atomic E-state index is -0.526. The van der Waals surface area contributed by atoms with Gasteiger partial charge in [-0.05, 0) is 36.1 Å². The number of rotatable bonds is 6. The third-order valence-corrected chi connectivity index (χ3v) is 6.52. The van der Waals surface area contributed by atoms with Crippen LogP contribution in [0, 0.1) is 0 Å². The van der Waals surface area contributed by atoms with E-state index in [1.54, 1.807) is 11.0 Å². The van der Waals surface area contributed by atoms with Crippen molar-refractivity contribution in [1.82, 2.24) is 9.80 Å². The van der Waals surface area contributed by atoms with Crippen molar-refractivity contribution in [3.05, 3.63) is 82.3 Å². The van der Waals surface area contributed by atoms with E-state index < -0.39 is 6.04 Å². The normalized spacial score (nSPS) is 20.5. The first kappa shape index (κ1) is 25.0.